The number of nitrogens with zero attached hydrogens (tertiary/aromatic N) is 5. The molecule has 1 amide bonds. The number of halogens is 1. The van der Waals surface area contributed by atoms with E-state index in [1.165, 1.54) is 16.8 Å². The van der Waals surface area contributed by atoms with E-state index in [1.54, 1.807) is 32.0 Å². The molecule has 1 atom stereocenters. The number of benzene rings is 1. The van der Waals surface area contributed by atoms with Crippen LogP contribution in [0.2, 0.25) is 0 Å². The number of anilines is 1. The Hall–Kier alpha value is -2.75. The van der Waals surface area contributed by atoms with Crippen LogP contribution in [0.25, 0.3) is 5.69 Å². The summed E-state index contributed by atoms with van der Waals surface area (Å²) in [6.07, 6.45) is 0. The number of nitrogens with one attached hydrogen (secondary N) is 1. The third-order valence-corrected chi connectivity index (χ3v) is 4.05. The Labute approximate surface area is 140 Å². The Morgan fingerprint density at radius 2 is 2.25 bits per heavy atom. The largest absolute Gasteiger partial charge is 0.338 e. The minimum Gasteiger partial charge on any atom is -0.338 e. The van der Waals surface area contributed by atoms with Crippen LogP contribution in [0.5, 0.6) is 0 Å². The van der Waals surface area contributed by atoms with Crippen molar-refractivity contribution in [3.8, 4) is 5.69 Å². The summed E-state index contributed by atoms with van der Waals surface area (Å²) < 4.78 is 19.7. The first-order valence-corrected chi connectivity index (χ1v) is 7.86. The normalized spacial score (nSPS) is 12.1. The second kappa shape index (κ2) is 6.79. The Morgan fingerprint density at radius 3 is 2.96 bits per heavy atom. The fourth-order valence-electron chi connectivity index (χ4n) is 1.88. The number of amides is 1. The van der Waals surface area contributed by atoms with Gasteiger partial charge in [0.1, 0.15) is 5.82 Å². The second-order valence-corrected chi connectivity index (χ2v) is 6.24. The van der Waals surface area contributed by atoms with E-state index in [-0.39, 0.29) is 11.8 Å². The molecule has 0 aliphatic carbocycles. The van der Waals surface area contributed by atoms with Crippen LogP contribution in [0.15, 0.2) is 40.0 Å². The molecule has 1 N–H and O–H groups in total. The van der Waals surface area contributed by atoms with Gasteiger partial charge in [-0.25, -0.2) is 4.39 Å². The molecule has 124 valence electrons. The molecule has 2 heterocycles. The van der Waals surface area contributed by atoms with Gasteiger partial charge in [0.25, 0.3) is 0 Å². The fraction of sp³-hybridized carbons (Fsp3) is 0.214. The number of aryl methyl sites for hydroxylation is 1. The number of carbonyl (C=O) groups excluding carboxylic acids is 1. The van der Waals surface area contributed by atoms with Gasteiger partial charge >= 0.3 is 0 Å². The van der Waals surface area contributed by atoms with Crippen LogP contribution in [0.1, 0.15) is 12.6 Å². The predicted molar refractivity (Wildman–Crippen MR) is 84.3 cm³/mol. The number of tetrazole rings is 1. The van der Waals surface area contributed by atoms with Crippen LogP contribution in [0, 0.1) is 12.7 Å². The molecule has 3 rings (SSSR count). The lowest BCUT2D eigenvalue weighted by atomic mass is 10.3. The van der Waals surface area contributed by atoms with Crippen molar-refractivity contribution >= 4 is 23.6 Å². The number of rotatable bonds is 5. The number of carbonyl (C=O) groups is 1. The summed E-state index contributed by atoms with van der Waals surface area (Å²) in [5, 5.41) is 17.5. The fourth-order valence-corrected chi connectivity index (χ4v) is 2.69. The minimum atomic E-state index is -0.506. The zero-order chi connectivity index (χ0) is 17.1. The summed E-state index contributed by atoms with van der Waals surface area (Å²) in [6.45, 7) is 3.46. The highest BCUT2D eigenvalue weighted by Gasteiger charge is 2.20. The molecular weight excluding hydrogens is 335 g/mol. The second-order valence-electron chi connectivity index (χ2n) is 4.94. The molecule has 24 heavy (non-hydrogen) atoms. The molecular formula is C14H13FN6O2S. The maximum Gasteiger partial charge on any atom is 0.240 e. The number of thioether (sulfide) groups is 1. The molecule has 0 aliphatic rings. The summed E-state index contributed by atoms with van der Waals surface area (Å²) in [6, 6.07) is 7.49. The molecule has 0 radical (unpaired) electrons. The predicted octanol–water partition coefficient (Wildman–Crippen LogP) is 2.22. The monoisotopic (exact) mass is 348 g/mol. The summed E-state index contributed by atoms with van der Waals surface area (Å²) >= 11 is 1.14. The van der Waals surface area contributed by atoms with Crippen LogP contribution in [0.4, 0.5) is 10.3 Å². The van der Waals surface area contributed by atoms with Crippen molar-refractivity contribution in [1.82, 2.24) is 25.4 Å². The van der Waals surface area contributed by atoms with Crippen LogP contribution in [-0.4, -0.2) is 36.5 Å². The first kappa shape index (κ1) is 16.1. The number of hydrogen-bond donors (Lipinski definition) is 1. The number of hydrogen-bond acceptors (Lipinski definition) is 7. The summed E-state index contributed by atoms with van der Waals surface area (Å²) in [5.74, 6) is -0.412. The molecule has 0 spiro atoms. The van der Waals surface area contributed by atoms with Gasteiger partial charge in [-0.05, 0) is 42.5 Å². The van der Waals surface area contributed by atoms with Crippen LogP contribution >= 0.6 is 11.8 Å². The van der Waals surface area contributed by atoms with Gasteiger partial charge in [0, 0.05) is 6.07 Å². The molecule has 3 aromatic rings. The van der Waals surface area contributed by atoms with Gasteiger partial charge in [0.05, 0.1) is 16.6 Å². The highest BCUT2D eigenvalue weighted by Crippen LogP contribution is 2.24. The molecule has 1 unspecified atom stereocenters. The highest BCUT2D eigenvalue weighted by atomic mass is 32.2. The van der Waals surface area contributed by atoms with Gasteiger partial charge in [-0.15, -0.1) is 5.10 Å². The van der Waals surface area contributed by atoms with E-state index in [2.05, 4.69) is 26.0 Å². The van der Waals surface area contributed by atoms with E-state index in [0.29, 0.717) is 16.5 Å². The third-order valence-electron chi connectivity index (χ3n) is 3.02. The van der Waals surface area contributed by atoms with Gasteiger partial charge in [-0.2, -0.15) is 4.68 Å². The maximum atomic E-state index is 13.4. The molecule has 0 saturated heterocycles. The Kier molecular flexibility index (Phi) is 4.56. The van der Waals surface area contributed by atoms with E-state index in [4.69, 9.17) is 4.52 Å². The zero-order valence-electron chi connectivity index (χ0n) is 12.8. The summed E-state index contributed by atoms with van der Waals surface area (Å²) in [5.41, 5.74) is 1.14. The van der Waals surface area contributed by atoms with Gasteiger partial charge in [-0.3, -0.25) is 10.1 Å². The van der Waals surface area contributed by atoms with Crippen molar-refractivity contribution in [3.05, 3.63) is 41.8 Å². The van der Waals surface area contributed by atoms with E-state index in [1.807, 2.05) is 0 Å². The molecule has 1 aromatic carbocycles. The van der Waals surface area contributed by atoms with E-state index >= 15 is 0 Å². The molecule has 0 bridgehead atoms. The lowest BCUT2D eigenvalue weighted by molar-refractivity contribution is -0.115. The van der Waals surface area contributed by atoms with Crippen LogP contribution in [-0.2, 0) is 4.79 Å². The van der Waals surface area contributed by atoms with Crippen LogP contribution < -0.4 is 5.32 Å². The Bertz CT molecular complexity index is 864. The third kappa shape index (κ3) is 3.59. The first-order chi connectivity index (χ1) is 11.5. The van der Waals surface area contributed by atoms with Crippen molar-refractivity contribution in [3.63, 3.8) is 0 Å². The minimum absolute atomic E-state index is 0.273. The molecule has 0 saturated carbocycles. The van der Waals surface area contributed by atoms with Gasteiger partial charge in [-0.1, -0.05) is 23.0 Å². The van der Waals surface area contributed by atoms with Crippen molar-refractivity contribution in [2.45, 2.75) is 24.3 Å². The average molecular weight is 348 g/mol. The molecule has 0 aliphatic heterocycles. The first-order valence-electron chi connectivity index (χ1n) is 6.98. The molecule has 0 fully saturated rings. The Balaban J connectivity index is 1.72. The highest BCUT2D eigenvalue weighted by molar-refractivity contribution is 8.00. The smallest absolute Gasteiger partial charge is 0.240 e. The molecule has 10 heteroatoms. The van der Waals surface area contributed by atoms with E-state index < -0.39 is 11.1 Å². The van der Waals surface area contributed by atoms with Gasteiger partial charge in [0.2, 0.25) is 16.9 Å². The Morgan fingerprint density at radius 1 is 1.42 bits per heavy atom. The SMILES string of the molecule is Cc1cc(NC(=O)C(C)Sc2nnnn2-c2cccc(F)c2)on1. The topological polar surface area (TPSA) is 98.7 Å². The van der Waals surface area contributed by atoms with Crippen molar-refractivity contribution in [2.24, 2.45) is 0 Å². The van der Waals surface area contributed by atoms with E-state index in [9.17, 15) is 9.18 Å². The van der Waals surface area contributed by atoms with E-state index in [0.717, 1.165) is 11.8 Å². The lowest BCUT2D eigenvalue weighted by Gasteiger charge is -2.10. The summed E-state index contributed by atoms with van der Waals surface area (Å²) in [7, 11) is 0. The van der Waals surface area contributed by atoms with Gasteiger partial charge in [0.15, 0.2) is 0 Å². The molecule has 8 nitrogen and oxygen atoms in total. The standard InChI is InChI=1S/C14H13FN6O2S/c1-8-6-12(23-18-8)16-13(22)9(2)24-14-17-19-20-21(14)11-5-3-4-10(15)7-11/h3-7,9H,1-2H3,(H,16,22). The van der Waals surface area contributed by atoms with Gasteiger partial charge < -0.3 is 4.52 Å². The van der Waals surface area contributed by atoms with Crippen LogP contribution in [0.3, 0.4) is 0 Å². The zero-order valence-corrected chi connectivity index (χ0v) is 13.6. The average Bonchev–Trinajstić information content (AvgIpc) is 3.16. The maximum absolute atomic E-state index is 13.4. The number of aromatic nitrogens is 5. The lowest BCUT2D eigenvalue weighted by Crippen LogP contribution is -2.22. The van der Waals surface area contributed by atoms with Crippen molar-refractivity contribution < 1.29 is 13.7 Å². The van der Waals surface area contributed by atoms with Crippen molar-refractivity contribution in [2.75, 3.05) is 5.32 Å². The quantitative estimate of drug-likeness (QED) is 0.706. The van der Waals surface area contributed by atoms with Crippen molar-refractivity contribution in [1.29, 1.82) is 0 Å². The molecule has 2 aromatic heterocycles. The summed E-state index contributed by atoms with van der Waals surface area (Å²) in [4.78, 5) is 12.2.